The Bertz CT molecular complexity index is 767. The fourth-order valence-electron chi connectivity index (χ4n) is 1.98. The van der Waals surface area contributed by atoms with E-state index in [-0.39, 0.29) is 11.3 Å². The standard InChI is InChI=1S/C18H17BrFNO3/c1-18(2,3)24-17(23)21-15-9-6-12(19)10-14(15)16(22)11-4-7-13(20)8-5-11/h4-10H,1-3H3,(H,21,23). The molecule has 0 atom stereocenters. The van der Waals surface area contributed by atoms with E-state index in [1.807, 2.05) is 0 Å². The van der Waals surface area contributed by atoms with Crippen LogP contribution in [-0.2, 0) is 4.74 Å². The average Bonchev–Trinajstić information content (AvgIpc) is 2.47. The van der Waals surface area contributed by atoms with E-state index in [2.05, 4.69) is 21.2 Å². The number of carbonyl (C=O) groups excluding carboxylic acids is 2. The minimum atomic E-state index is -0.655. The lowest BCUT2D eigenvalue weighted by molar-refractivity contribution is 0.0636. The molecular formula is C18H17BrFNO3. The van der Waals surface area contributed by atoms with Crippen LogP contribution in [0.3, 0.4) is 0 Å². The second-order valence-corrected chi connectivity index (χ2v) is 7.07. The number of carbonyl (C=O) groups is 2. The fourth-order valence-corrected chi connectivity index (χ4v) is 2.34. The minimum absolute atomic E-state index is 0.279. The smallest absolute Gasteiger partial charge is 0.412 e. The average molecular weight is 394 g/mol. The van der Waals surface area contributed by atoms with Gasteiger partial charge in [-0.25, -0.2) is 9.18 Å². The maximum Gasteiger partial charge on any atom is 0.412 e. The second-order valence-electron chi connectivity index (χ2n) is 6.15. The molecule has 1 amide bonds. The summed E-state index contributed by atoms with van der Waals surface area (Å²) in [5, 5.41) is 2.58. The Morgan fingerprint density at radius 1 is 1.08 bits per heavy atom. The first kappa shape index (κ1) is 18.1. The number of rotatable bonds is 3. The predicted octanol–water partition coefficient (Wildman–Crippen LogP) is 5.17. The fraction of sp³-hybridized carbons (Fsp3) is 0.222. The molecule has 0 fully saturated rings. The third-order valence-electron chi connectivity index (χ3n) is 2.97. The van der Waals surface area contributed by atoms with Crippen LogP contribution in [0.25, 0.3) is 0 Å². The third-order valence-corrected chi connectivity index (χ3v) is 3.46. The highest BCUT2D eigenvalue weighted by Gasteiger charge is 2.20. The number of hydrogen-bond donors (Lipinski definition) is 1. The van der Waals surface area contributed by atoms with Crippen LogP contribution in [0.4, 0.5) is 14.9 Å². The number of ether oxygens (including phenoxy) is 1. The summed E-state index contributed by atoms with van der Waals surface area (Å²) < 4.78 is 18.9. The largest absolute Gasteiger partial charge is 0.444 e. The van der Waals surface area contributed by atoms with Crippen LogP contribution in [0.5, 0.6) is 0 Å². The van der Waals surface area contributed by atoms with E-state index in [4.69, 9.17) is 4.74 Å². The van der Waals surface area contributed by atoms with Gasteiger partial charge in [-0.1, -0.05) is 15.9 Å². The molecule has 0 saturated carbocycles. The van der Waals surface area contributed by atoms with Crippen LogP contribution in [-0.4, -0.2) is 17.5 Å². The highest BCUT2D eigenvalue weighted by molar-refractivity contribution is 9.10. The zero-order valence-corrected chi connectivity index (χ0v) is 15.1. The number of ketones is 1. The number of benzene rings is 2. The number of anilines is 1. The van der Waals surface area contributed by atoms with E-state index in [0.717, 1.165) is 0 Å². The van der Waals surface area contributed by atoms with Crippen molar-refractivity contribution >= 4 is 33.5 Å². The van der Waals surface area contributed by atoms with E-state index < -0.39 is 17.5 Å². The molecule has 0 aromatic heterocycles. The van der Waals surface area contributed by atoms with Crippen molar-refractivity contribution in [2.45, 2.75) is 26.4 Å². The van der Waals surface area contributed by atoms with Crippen LogP contribution in [0, 0.1) is 5.82 Å². The Morgan fingerprint density at radius 3 is 2.29 bits per heavy atom. The Kier molecular flexibility index (Phi) is 5.39. The quantitative estimate of drug-likeness (QED) is 0.732. The molecule has 6 heteroatoms. The van der Waals surface area contributed by atoms with Gasteiger partial charge in [-0.2, -0.15) is 0 Å². The minimum Gasteiger partial charge on any atom is -0.444 e. The molecule has 2 rings (SSSR count). The Labute approximate surface area is 148 Å². The van der Waals surface area contributed by atoms with Crippen molar-refractivity contribution in [3.63, 3.8) is 0 Å². The molecular weight excluding hydrogens is 377 g/mol. The highest BCUT2D eigenvalue weighted by Crippen LogP contribution is 2.25. The molecule has 0 heterocycles. The molecule has 126 valence electrons. The van der Waals surface area contributed by atoms with Gasteiger partial charge >= 0.3 is 6.09 Å². The molecule has 0 bridgehead atoms. The van der Waals surface area contributed by atoms with Crippen molar-refractivity contribution in [2.75, 3.05) is 5.32 Å². The van der Waals surface area contributed by atoms with Gasteiger partial charge in [-0.3, -0.25) is 10.1 Å². The van der Waals surface area contributed by atoms with E-state index >= 15 is 0 Å². The molecule has 0 radical (unpaired) electrons. The molecule has 0 aliphatic heterocycles. The lowest BCUT2D eigenvalue weighted by atomic mass is 10.0. The van der Waals surface area contributed by atoms with Crippen LogP contribution in [0.2, 0.25) is 0 Å². The van der Waals surface area contributed by atoms with Gasteiger partial charge in [-0.15, -0.1) is 0 Å². The summed E-state index contributed by atoms with van der Waals surface area (Å²) in [5.74, 6) is -0.754. The topological polar surface area (TPSA) is 55.4 Å². The number of hydrogen-bond acceptors (Lipinski definition) is 3. The maximum absolute atomic E-state index is 13.0. The first-order valence-corrected chi connectivity index (χ1v) is 8.05. The molecule has 0 saturated heterocycles. The van der Waals surface area contributed by atoms with Crippen molar-refractivity contribution < 1.29 is 18.7 Å². The molecule has 0 aliphatic rings. The van der Waals surface area contributed by atoms with Crippen LogP contribution in [0.1, 0.15) is 36.7 Å². The summed E-state index contributed by atoms with van der Waals surface area (Å²) in [6, 6.07) is 10.1. The first-order chi connectivity index (χ1) is 11.2. The number of halogens is 2. The van der Waals surface area contributed by atoms with Crippen molar-refractivity contribution in [2.24, 2.45) is 0 Å². The zero-order chi connectivity index (χ0) is 17.9. The summed E-state index contributed by atoms with van der Waals surface area (Å²) in [5.41, 5.74) is 0.269. The van der Waals surface area contributed by atoms with Crippen molar-refractivity contribution in [1.29, 1.82) is 0 Å². The Morgan fingerprint density at radius 2 is 1.71 bits per heavy atom. The van der Waals surface area contributed by atoms with Gasteiger partial charge < -0.3 is 4.74 Å². The summed E-state index contributed by atoms with van der Waals surface area (Å²) in [7, 11) is 0. The molecule has 1 N–H and O–H groups in total. The monoisotopic (exact) mass is 393 g/mol. The van der Waals surface area contributed by atoms with E-state index in [1.165, 1.54) is 24.3 Å². The Hall–Kier alpha value is -2.21. The summed E-state index contributed by atoms with van der Waals surface area (Å²) >= 11 is 3.31. The van der Waals surface area contributed by atoms with Crippen molar-refractivity contribution in [3.8, 4) is 0 Å². The highest BCUT2D eigenvalue weighted by atomic mass is 79.9. The molecule has 0 spiro atoms. The van der Waals surface area contributed by atoms with E-state index in [9.17, 15) is 14.0 Å². The SMILES string of the molecule is CC(C)(C)OC(=O)Nc1ccc(Br)cc1C(=O)c1ccc(F)cc1. The van der Waals surface area contributed by atoms with E-state index in [1.54, 1.807) is 39.0 Å². The normalized spacial score (nSPS) is 11.0. The molecule has 24 heavy (non-hydrogen) atoms. The second kappa shape index (κ2) is 7.13. The summed E-state index contributed by atoms with van der Waals surface area (Å²) in [6.45, 7) is 5.25. The van der Waals surface area contributed by atoms with Crippen LogP contribution < -0.4 is 5.32 Å². The van der Waals surface area contributed by atoms with Gasteiger partial charge in [0.1, 0.15) is 11.4 Å². The van der Waals surface area contributed by atoms with Crippen molar-refractivity contribution in [3.05, 3.63) is 63.9 Å². The summed E-state index contributed by atoms with van der Waals surface area (Å²) in [6.07, 6.45) is -0.655. The molecule has 0 unspecified atom stereocenters. The molecule has 2 aromatic carbocycles. The van der Waals surface area contributed by atoms with Crippen LogP contribution >= 0.6 is 15.9 Å². The van der Waals surface area contributed by atoms with Crippen LogP contribution in [0.15, 0.2) is 46.9 Å². The lowest BCUT2D eigenvalue weighted by Gasteiger charge is -2.20. The van der Waals surface area contributed by atoms with Gasteiger partial charge in [0.25, 0.3) is 0 Å². The maximum atomic E-state index is 13.0. The van der Waals surface area contributed by atoms with Crippen molar-refractivity contribution in [1.82, 2.24) is 0 Å². The van der Waals surface area contributed by atoms with Gasteiger partial charge in [0, 0.05) is 15.6 Å². The molecule has 4 nitrogen and oxygen atoms in total. The third kappa shape index (κ3) is 4.89. The number of nitrogens with one attached hydrogen (secondary N) is 1. The first-order valence-electron chi connectivity index (χ1n) is 7.25. The van der Waals surface area contributed by atoms with Gasteiger partial charge in [0.05, 0.1) is 5.69 Å². The van der Waals surface area contributed by atoms with Gasteiger partial charge in [-0.05, 0) is 63.2 Å². The molecule has 0 aliphatic carbocycles. The Balaban J connectivity index is 2.32. The zero-order valence-electron chi connectivity index (χ0n) is 13.5. The number of amides is 1. The summed E-state index contributed by atoms with van der Waals surface area (Å²) in [4.78, 5) is 24.6. The molecule has 2 aromatic rings. The van der Waals surface area contributed by atoms with E-state index in [0.29, 0.717) is 15.7 Å². The van der Waals surface area contributed by atoms with Gasteiger partial charge in [0.2, 0.25) is 0 Å². The lowest BCUT2D eigenvalue weighted by Crippen LogP contribution is -2.27. The van der Waals surface area contributed by atoms with Gasteiger partial charge in [0.15, 0.2) is 5.78 Å². The predicted molar refractivity (Wildman–Crippen MR) is 93.8 cm³/mol.